The minimum atomic E-state index is 0.731. The van der Waals surface area contributed by atoms with Gasteiger partial charge in [0.1, 0.15) is 0 Å². The summed E-state index contributed by atoms with van der Waals surface area (Å²) in [5.74, 6) is 0.731. The Morgan fingerprint density at radius 1 is 1.25 bits per heavy atom. The van der Waals surface area contributed by atoms with E-state index in [0.717, 1.165) is 25.6 Å². The average molecular weight is 220 g/mol. The molecule has 2 N–H and O–H groups in total. The molecule has 90 valence electrons. The van der Waals surface area contributed by atoms with Crippen LogP contribution in [0.25, 0.3) is 0 Å². The summed E-state index contributed by atoms with van der Waals surface area (Å²) in [5, 5.41) is 6.76. The van der Waals surface area contributed by atoms with Crippen molar-refractivity contribution in [3.63, 3.8) is 0 Å². The molecular weight excluding hydrogens is 196 g/mol. The van der Waals surface area contributed by atoms with E-state index in [-0.39, 0.29) is 0 Å². The Labute approximate surface area is 99.5 Å². The summed E-state index contributed by atoms with van der Waals surface area (Å²) in [6.45, 7) is 7.54. The number of rotatable bonds is 7. The fraction of sp³-hybridized carbons (Fsp3) is 0.571. The third-order valence-corrected chi connectivity index (χ3v) is 2.91. The van der Waals surface area contributed by atoms with Crippen LogP contribution in [0.5, 0.6) is 0 Å². The quantitative estimate of drug-likeness (QED) is 0.737. The van der Waals surface area contributed by atoms with Gasteiger partial charge in [-0.2, -0.15) is 0 Å². The molecule has 1 rings (SSSR count). The first-order chi connectivity index (χ1) is 7.76. The van der Waals surface area contributed by atoms with E-state index in [0.29, 0.717) is 0 Å². The third-order valence-electron chi connectivity index (χ3n) is 2.91. The summed E-state index contributed by atoms with van der Waals surface area (Å²) in [4.78, 5) is 0. The molecule has 0 radical (unpaired) electrons. The van der Waals surface area contributed by atoms with Crippen molar-refractivity contribution < 1.29 is 0 Å². The minimum absolute atomic E-state index is 0.731. The van der Waals surface area contributed by atoms with Gasteiger partial charge in [-0.05, 0) is 38.5 Å². The highest BCUT2D eigenvalue weighted by Gasteiger charge is 2.03. The summed E-state index contributed by atoms with van der Waals surface area (Å²) in [5.41, 5.74) is 2.71. The first-order valence-electron chi connectivity index (χ1n) is 6.17. The van der Waals surface area contributed by atoms with Crippen molar-refractivity contribution in [1.82, 2.24) is 10.6 Å². The Morgan fingerprint density at radius 2 is 2.06 bits per heavy atom. The Bertz CT molecular complexity index is 297. The fourth-order valence-electron chi connectivity index (χ4n) is 1.89. The normalized spacial score (nSPS) is 12.7. The van der Waals surface area contributed by atoms with Crippen molar-refractivity contribution in [2.45, 2.75) is 26.8 Å². The maximum absolute atomic E-state index is 3.52. The monoisotopic (exact) mass is 220 g/mol. The van der Waals surface area contributed by atoms with Crippen LogP contribution in [0.4, 0.5) is 0 Å². The lowest BCUT2D eigenvalue weighted by Crippen LogP contribution is -2.29. The highest BCUT2D eigenvalue weighted by molar-refractivity contribution is 5.21. The fourth-order valence-corrected chi connectivity index (χ4v) is 1.89. The molecular formula is C14H24N2. The molecule has 1 atom stereocenters. The van der Waals surface area contributed by atoms with Crippen LogP contribution in [-0.2, 0) is 6.54 Å². The van der Waals surface area contributed by atoms with E-state index in [1.807, 2.05) is 7.05 Å². The topological polar surface area (TPSA) is 24.1 Å². The maximum atomic E-state index is 3.52. The predicted molar refractivity (Wildman–Crippen MR) is 70.6 cm³/mol. The molecule has 1 aromatic rings. The molecule has 0 aromatic heterocycles. The number of hydrogen-bond donors (Lipinski definition) is 2. The van der Waals surface area contributed by atoms with Gasteiger partial charge in [-0.1, -0.05) is 43.2 Å². The summed E-state index contributed by atoms with van der Waals surface area (Å²) in [6, 6.07) is 8.68. The van der Waals surface area contributed by atoms with Crippen LogP contribution in [0, 0.1) is 12.8 Å². The third kappa shape index (κ3) is 4.77. The van der Waals surface area contributed by atoms with Crippen molar-refractivity contribution in [2.75, 3.05) is 20.1 Å². The summed E-state index contributed by atoms with van der Waals surface area (Å²) in [7, 11) is 2.02. The number of hydrogen-bond acceptors (Lipinski definition) is 2. The van der Waals surface area contributed by atoms with Crippen LogP contribution in [0.2, 0.25) is 0 Å². The van der Waals surface area contributed by atoms with Gasteiger partial charge in [0.2, 0.25) is 0 Å². The number of nitrogens with one attached hydrogen (secondary N) is 2. The molecule has 0 fully saturated rings. The molecule has 0 bridgehead atoms. The molecule has 0 heterocycles. The summed E-state index contributed by atoms with van der Waals surface area (Å²) in [6.07, 6.45) is 1.22. The van der Waals surface area contributed by atoms with Gasteiger partial charge in [-0.15, -0.1) is 0 Å². The maximum Gasteiger partial charge on any atom is 0.0205 e. The van der Waals surface area contributed by atoms with Gasteiger partial charge in [0.15, 0.2) is 0 Å². The van der Waals surface area contributed by atoms with E-state index in [1.54, 1.807) is 0 Å². The first-order valence-corrected chi connectivity index (χ1v) is 6.17. The van der Waals surface area contributed by atoms with Crippen LogP contribution in [0.3, 0.4) is 0 Å². The van der Waals surface area contributed by atoms with Gasteiger partial charge < -0.3 is 10.6 Å². The van der Waals surface area contributed by atoms with Crippen molar-refractivity contribution in [1.29, 1.82) is 0 Å². The predicted octanol–water partition coefficient (Wildman–Crippen LogP) is 2.33. The number of benzene rings is 1. The molecule has 0 saturated carbocycles. The molecule has 0 aliphatic heterocycles. The molecule has 1 aromatic carbocycles. The van der Waals surface area contributed by atoms with Gasteiger partial charge in [0, 0.05) is 6.54 Å². The lowest BCUT2D eigenvalue weighted by Gasteiger charge is -2.15. The Hall–Kier alpha value is -0.860. The van der Waals surface area contributed by atoms with Crippen LogP contribution < -0.4 is 10.6 Å². The lowest BCUT2D eigenvalue weighted by atomic mass is 10.1. The highest BCUT2D eigenvalue weighted by Crippen LogP contribution is 2.04. The molecule has 2 nitrogen and oxygen atoms in total. The van der Waals surface area contributed by atoms with Crippen LogP contribution in [-0.4, -0.2) is 20.1 Å². The van der Waals surface area contributed by atoms with E-state index in [9.17, 15) is 0 Å². The Balaban J connectivity index is 2.29. The van der Waals surface area contributed by atoms with E-state index in [2.05, 4.69) is 48.7 Å². The van der Waals surface area contributed by atoms with Crippen molar-refractivity contribution >= 4 is 0 Å². The van der Waals surface area contributed by atoms with Crippen LogP contribution in [0.1, 0.15) is 24.5 Å². The molecule has 1 unspecified atom stereocenters. The van der Waals surface area contributed by atoms with Crippen molar-refractivity contribution in [2.24, 2.45) is 5.92 Å². The van der Waals surface area contributed by atoms with E-state index in [1.165, 1.54) is 17.5 Å². The molecule has 0 aliphatic rings. The average Bonchev–Trinajstić information content (AvgIpc) is 2.28. The lowest BCUT2D eigenvalue weighted by molar-refractivity contribution is 0.445. The van der Waals surface area contributed by atoms with E-state index in [4.69, 9.17) is 0 Å². The SMILES string of the molecule is CCC(CNC)CNCc1cccc(C)c1. The van der Waals surface area contributed by atoms with Gasteiger partial charge in [0.05, 0.1) is 0 Å². The van der Waals surface area contributed by atoms with Gasteiger partial charge >= 0.3 is 0 Å². The van der Waals surface area contributed by atoms with E-state index < -0.39 is 0 Å². The number of aryl methyl sites for hydroxylation is 1. The second kappa shape index (κ2) is 7.42. The van der Waals surface area contributed by atoms with Gasteiger partial charge in [-0.3, -0.25) is 0 Å². The molecule has 0 spiro atoms. The second-order valence-corrected chi connectivity index (χ2v) is 4.45. The molecule has 0 amide bonds. The van der Waals surface area contributed by atoms with Crippen molar-refractivity contribution in [3.05, 3.63) is 35.4 Å². The minimum Gasteiger partial charge on any atom is -0.319 e. The zero-order valence-electron chi connectivity index (χ0n) is 10.7. The van der Waals surface area contributed by atoms with Gasteiger partial charge in [-0.25, -0.2) is 0 Å². The standard InChI is InChI=1S/C14H24N2/c1-4-13(9-15-3)10-16-11-14-7-5-6-12(2)8-14/h5-8,13,15-16H,4,9-11H2,1-3H3. The molecule has 0 aliphatic carbocycles. The van der Waals surface area contributed by atoms with Crippen LogP contribution in [0.15, 0.2) is 24.3 Å². The zero-order chi connectivity index (χ0) is 11.8. The molecule has 0 saturated heterocycles. The van der Waals surface area contributed by atoms with Gasteiger partial charge in [0.25, 0.3) is 0 Å². The Morgan fingerprint density at radius 3 is 2.69 bits per heavy atom. The van der Waals surface area contributed by atoms with Crippen molar-refractivity contribution in [3.8, 4) is 0 Å². The smallest absolute Gasteiger partial charge is 0.0205 e. The first kappa shape index (κ1) is 13.2. The van der Waals surface area contributed by atoms with E-state index >= 15 is 0 Å². The largest absolute Gasteiger partial charge is 0.319 e. The summed E-state index contributed by atoms with van der Waals surface area (Å²) >= 11 is 0. The highest BCUT2D eigenvalue weighted by atomic mass is 14.9. The second-order valence-electron chi connectivity index (χ2n) is 4.45. The zero-order valence-corrected chi connectivity index (χ0v) is 10.7. The molecule has 16 heavy (non-hydrogen) atoms. The summed E-state index contributed by atoms with van der Waals surface area (Å²) < 4.78 is 0. The van der Waals surface area contributed by atoms with Crippen LogP contribution >= 0.6 is 0 Å². The Kier molecular flexibility index (Phi) is 6.12. The molecule has 2 heteroatoms.